The number of hydroxylamine groups is 1. The van der Waals surface area contributed by atoms with Crippen LogP contribution < -0.4 is 27.2 Å². The van der Waals surface area contributed by atoms with Crippen molar-refractivity contribution in [2.45, 2.75) is 12.6 Å². The normalized spacial score (nSPS) is 11.5. The number of nitrogens with two attached hydrogens (primary N) is 1. The van der Waals surface area contributed by atoms with Crippen LogP contribution in [0.4, 0.5) is 18.9 Å². The van der Waals surface area contributed by atoms with Crippen molar-refractivity contribution in [2.75, 3.05) is 18.4 Å². The van der Waals surface area contributed by atoms with Crippen molar-refractivity contribution < 1.29 is 32.8 Å². The Hall–Kier alpha value is -4.26. The Labute approximate surface area is 209 Å². The Morgan fingerprint density at radius 1 is 0.865 bits per heavy atom. The molecule has 0 saturated carbocycles. The summed E-state index contributed by atoms with van der Waals surface area (Å²) in [7, 11) is 0. The summed E-state index contributed by atoms with van der Waals surface area (Å²) >= 11 is 0. The van der Waals surface area contributed by atoms with Crippen LogP contribution in [-0.4, -0.2) is 42.1 Å². The monoisotopic (exact) mass is 515 g/mol. The number of hydrogen-bond donors (Lipinski definition) is 6. The maximum absolute atomic E-state index is 13.7. The lowest BCUT2D eigenvalue weighted by atomic mass is 10.0. The molecule has 0 radical (unpaired) electrons. The van der Waals surface area contributed by atoms with Gasteiger partial charge in [-0.25, -0.2) is 18.7 Å². The van der Waals surface area contributed by atoms with Gasteiger partial charge in [-0.2, -0.15) is 0 Å². The van der Waals surface area contributed by atoms with E-state index in [1.54, 1.807) is 48.5 Å². The molecule has 7 N–H and O–H groups in total. The van der Waals surface area contributed by atoms with E-state index >= 15 is 0 Å². The molecule has 3 aromatic rings. The van der Waals surface area contributed by atoms with Crippen molar-refractivity contribution in [1.82, 2.24) is 16.1 Å². The van der Waals surface area contributed by atoms with E-state index < -0.39 is 41.2 Å². The molecule has 0 unspecified atom stereocenters. The quantitative estimate of drug-likeness (QED) is 0.139. The summed E-state index contributed by atoms with van der Waals surface area (Å²) in [5.41, 5.74) is 9.14. The standard InChI is InChI=1S/C25H24F3N5O4/c26-19-10-7-17(22(27)23(19)28)12-30-13-21(34)31-18-8-5-15(6-9-18)14-1-3-16(4-2-14)24(35)32-20(11-29)25(36)33-37/h1-10,20,30,37H,11-13,29H2,(H,31,34)(H,32,35)(H,33,36)/t20-/m0/s1. The third kappa shape index (κ3) is 7.13. The van der Waals surface area contributed by atoms with Crippen LogP contribution in [-0.2, 0) is 16.1 Å². The number of halogens is 3. The Bertz CT molecular complexity index is 1270. The van der Waals surface area contributed by atoms with E-state index in [1.165, 1.54) is 5.48 Å². The van der Waals surface area contributed by atoms with Crippen molar-refractivity contribution in [3.05, 3.63) is 89.2 Å². The lowest BCUT2D eigenvalue weighted by molar-refractivity contribution is -0.130. The molecule has 0 aromatic heterocycles. The van der Waals surface area contributed by atoms with Gasteiger partial charge < -0.3 is 21.7 Å². The van der Waals surface area contributed by atoms with Crippen molar-refractivity contribution in [3.63, 3.8) is 0 Å². The van der Waals surface area contributed by atoms with Crippen LogP contribution in [0.2, 0.25) is 0 Å². The predicted octanol–water partition coefficient (Wildman–Crippen LogP) is 2.06. The molecule has 0 aliphatic rings. The number of carbonyl (C=O) groups is 3. The lowest BCUT2D eigenvalue weighted by Crippen LogP contribution is -2.50. The summed E-state index contributed by atoms with van der Waals surface area (Å²) in [5, 5.41) is 16.4. The molecule has 9 nitrogen and oxygen atoms in total. The van der Waals surface area contributed by atoms with E-state index in [4.69, 9.17) is 10.9 Å². The fraction of sp³-hybridized carbons (Fsp3) is 0.160. The van der Waals surface area contributed by atoms with Crippen LogP contribution in [0.15, 0.2) is 60.7 Å². The molecule has 3 aromatic carbocycles. The van der Waals surface area contributed by atoms with Crippen molar-refractivity contribution in [1.29, 1.82) is 0 Å². The van der Waals surface area contributed by atoms with Crippen LogP contribution in [0, 0.1) is 17.5 Å². The molecule has 0 saturated heterocycles. The molecule has 0 aliphatic carbocycles. The van der Waals surface area contributed by atoms with E-state index in [0.29, 0.717) is 5.69 Å². The second kappa shape index (κ2) is 12.6. The highest BCUT2D eigenvalue weighted by molar-refractivity contribution is 5.98. The number of anilines is 1. The Kier molecular flexibility index (Phi) is 9.33. The van der Waals surface area contributed by atoms with Crippen LogP contribution in [0.25, 0.3) is 11.1 Å². The summed E-state index contributed by atoms with van der Waals surface area (Å²) in [6.07, 6.45) is 0. The minimum Gasteiger partial charge on any atom is -0.339 e. The second-order valence-electron chi connectivity index (χ2n) is 7.88. The fourth-order valence-corrected chi connectivity index (χ4v) is 3.33. The number of nitrogens with one attached hydrogen (secondary N) is 4. The van der Waals surface area contributed by atoms with Gasteiger partial charge in [-0.05, 0) is 41.5 Å². The van der Waals surface area contributed by atoms with Crippen molar-refractivity contribution in [2.24, 2.45) is 5.73 Å². The van der Waals surface area contributed by atoms with E-state index in [0.717, 1.165) is 23.3 Å². The Morgan fingerprint density at radius 3 is 2.08 bits per heavy atom. The highest BCUT2D eigenvalue weighted by Gasteiger charge is 2.19. The molecule has 0 heterocycles. The van der Waals surface area contributed by atoms with Crippen molar-refractivity contribution in [3.8, 4) is 11.1 Å². The number of benzene rings is 3. The summed E-state index contributed by atoms with van der Waals surface area (Å²) in [6, 6.07) is 14.2. The second-order valence-corrected chi connectivity index (χ2v) is 7.88. The number of carbonyl (C=O) groups excluding carboxylic acids is 3. The minimum atomic E-state index is -1.56. The van der Waals surface area contributed by atoms with Gasteiger partial charge in [0.05, 0.1) is 6.54 Å². The summed E-state index contributed by atoms with van der Waals surface area (Å²) in [6.45, 7) is -0.540. The molecule has 3 amide bonds. The van der Waals surface area contributed by atoms with Gasteiger partial charge in [0.1, 0.15) is 6.04 Å². The van der Waals surface area contributed by atoms with E-state index in [9.17, 15) is 27.6 Å². The maximum atomic E-state index is 13.7. The first-order chi connectivity index (χ1) is 17.7. The fourth-order valence-electron chi connectivity index (χ4n) is 3.33. The summed E-state index contributed by atoms with van der Waals surface area (Å²) < 4.78 is 39.9. The third-order valence-electron chi connectivity index (χ3n) is 5.33. The zero-order valence-electron chi connectivity index (χ0n) is 19.4. The zero-order valence-corrected chi connectivity index (χ0v) is 19.4. The van der Waals surface area contributed by atoms with Gasteiger partial charge >= 0.3 is 0 Å². The molecule has 0 spiro atoms. The van der Waals surface area contributed by atoms with Gasteiger partial charge in [0.2, 0.25) is 5.91 Å². The maximum Gasteiger partial charge on any atom is 0.267 e. The highest BCUT2D eigenvalue weighted by atomic mass is 19.2. The first-order valence-electron chi connectivity index (χ1n) is 11.0. The average Bonchev–Trinajstić information content (AvgIpc) is 2.91. The van der Waals surface area contributed by atoms with E-state index in [-0.39, 0.29) is 30.8 Å². The Balaban J connectivity index is 1.52. The molecule has 0 fully saturated rings. The molecule has 194 valence electrons. The number of hydrogen-bond acceptors (Lipinski definition) is 6. The third-order valence-corrected chi connectivity index (χ3v) is 5.33. The highest BCUT2D eigenvalue weighted by Crippen LogP contribution is 2.22. The van der Waals surface area contributed by atoms with Crippen LogP contribution in [0.3, 0.4) is 0 Å². The molecule has 12 heteroatoms. The topological polar surface area (TPSA) is 146 Å². The zero-order chi connectivity index (χ0) is 26.9. The smallest absolute Gasteiger partial charge is 0.267 e. The minimum absolute atomic E-state index is 0.102. The van der Waals surface area contributed by atoms with Gasteiger partial charge in [-0.1, -0.05) is 30.3 Å². The van der Waals surface area contributed by atoms with Gasteiger partial charge in [-0.3, -0.25) is 19.6 Å². The molecule has 3 rings (SSSR count). The molecular formula is C25H24F3N5O4. The molecule has 0 aliphatic heterocycles. The van der Waals surface area contributed by atoms with Gasteiger partial charge in [0, 0.05) is 29.9 Å². The lowest BCUT2D eigenvalue weighted by Gasteiger charge is -2.14. The molecule has 1 atom stereocenters. The summed E-state index contributed by atoms with van der Waals surface area (Å²) in [5.74, 6) is -5.93. The number of amides is 3. The predicted molar refractivity (Wildman–Crippen MR) is 129 cm³/mol. The molecule has 0 bridgehead atoms. The molecular weight excluding hydrogens is 491 g/mol. The molecule has 37 heavy (non-hydrogen) atoms. The summed E-state index contributed by atoms with van der Waals surface area (Å²) in [4.78, 5) is 35.9. The van der Waals surface area contributed by atoms with Gasteiger partial charge in [-0.15, -0.1) is 0 Å². The number of rotatable bonds is 10. The van der Waals surface area contributed by atoms with Gasteiger partial charge in [0.15, 0.2) is 17.5 Å². The SMILES string of the molecule is NC[C@H](NC(=O)c1ccc(-c2ccc(NC(=O)CNCc3ccc(F)c(F)c3F)cc2)cc1)C(=O)NO. The van der Waals surface area contributed by atoms with Crippen LogP contribution in [0.5, 0.6) is 0 Å². The first kappa shape index (κ1) is 27.3. The van der Waals surface area contributed by atoms with Crippen molar-refractivity contribution >= 4 is 23.4 Å². The van der Waals surface area contributed by atoms with Gasteiger partial charge in [0.25, 0.3) is 11.8 Å². The largest absolute Gasteiger partial charge is 0.339 e. The average molecular weight is 515 g/mol. The van der Waals surface area contributed by atoms with Crippen LogP contribution >= 0.6 is 0 Å². The van der Waals surface area contributed by atoms with E-state index in [2.05, 4.69) is 16.0 Å². The van der Waals surface area contributed by atoms with E-state index in [1.807, 2.05) is 0 Å². The first-order valence-corrected chi connectivity index (χ1v) is 11.0. The van der Waals surface area contributed by atoms with Crippen LogP contribution in [0.1, 0.15) is 15.9 Å². The Morgan fingerprint density at radius 2 is 1.49 bits per heavy atom.